The zero-order chi connectivity index (χ0) is 15.5. The van der Waals surface area contributed by atoms with Gasteiger partial charge in [-0.2, -0.15) is 0 Å². The highest BCUT2D eigenvalue weighted by molar-refractivity contribution is 5.82. The normalized spacial score (nSPS) is 21.9. The molecule has 0 radical (unpaired) electrons. The van der Waals surface area contributed by atoms with Crippen LogP contribution in [0.2, 0.25) is 0 Å². The van der Waals surface area contributed by atoms with E-state index in [2.05, 4.69) is 15.3 Å². The van der Waals surface area contributed by atoms with E-state index in [1.165, 1.54) is 0 Å². The van der Waals surface area contributed by atoms with E-state index in [-0.39, 0.29) is 30.2 Å². The molecule has 1 aromatic carbocycles. The quantitative estimate of drug-likeness (QED) is 0.766. The molecule has 6 heteroatoms. The van der Waals surface area contributed by atoms with E-state index in [0.717, 1.165) is 19.4 Å². The largest absolute Gasteiger partial charge is 0.391 e. The van der Waals surface area contributed by atoms with Crippen molar-refractivity contribution in [3.63, 3.8) is 0 Å². The van der Waals surface area contributed by atoms with Crippen molar-refractivity contribution in [3.8, 4) is 0 Å². The Morgan fingerprint density at radius 1 is 1.36 bits per heavy atom. The summed E-state index contributed by atoms with van der Waals surface area (Å²) in [5, 5.41) is 13.6. The van der Waals surface area contributed by atoms with Gasteiger partial charge in [0.1, 0.15) is 11.6 Å². The maximum Gasteiger partial charge on any atom is 0.258 e. The predicted octanol–water partition coefficient (Wildman–Crippen LogP) is 0.538. The number of rotatable bonds is 4. The number of benzene rings is 1. The second-order valence-corrected chi connectivity index (χ2v) is 5.72. The molecule has 0 saturated carbocycles. The molecule has 0 aliphatic carbocycles. The lowest BCUT2D eigenvalue weighted by molar-refractivity contribution is -0.119. The van der Waals surface area contributed by atoms with E-state index in [0.29, 0.717) is 16.7 Å². The fourth-order valence-electron chi connectivity index (χ4n) is 2.87. The molecular formula is C16H19N3O3. The van der Waals surface area contributed by atoms with Gasteiger partial charge in [-0.05, 0) is 31.5 Å². The van der Waals surface area contributed by atoms with E-state index in [4.69, 9.17) is 0 Å². The number of hydrogen-bond acceptors (Lipinski definition) is 5. The summed E-state index contributed by atoms with van der Waals surface area (Å²) in [7, 11) is 0. The second-order valence-electron chi connectivity index (χ2n) is 5.72. The number of ketones is 1. The van der Waals surface area contributed by atoms with Gasteiger partial charge in [-0.25, -0.2) is 4.98 Å². The summed E-state index contributed by atoms with van der Waals surface area (Å²) in [5.41, 5.74) is 0.356. The minimum Gasteiger partial charge on any atom is -0.391 e. The number of Topliss-reactive ketones (excluding diaryl/α,β-unsaturated/α-hetero) is 1. The Hall–Kier alpha value is -2.05. The molecule has 1 aliphatic heterocycles. The van der Waals surface area contributed by atoms with Crippen molar-refractivity contribution in [1.82, 2.24) is 15.3 Å². The van der Waals surface area contributed by atoms with E-state index in [1.54, 1.807) is 18.2 Å². The lowest BCUT2D eigenvalue weighted by Gasteiger charge is -2.28. The van der Waals surface area contributed by atoms with Gasteiger partial charge in [0.15, 0.2) is 0 Å². The summed E-state index contributed by atoms with van der Waals surface area (Å²) in [6, 6.07) is 6.84. The topological polar surface area (TPSA) is 95.1 Å². The van der Waals surface area contributed by atoms with Gasteiger partial charge in [0, 0.05) is 12.5 Å². The number of carbonyl (C=O) groups excluding carboxylic acids is 1. The maximum atomic E-state index is 12.2. The molecule has 1 aromatic heterocycles. The summed E-state index contributed by atoms with van der Waals surface area (Å²) >= 11 is 0. The second kappa shape index (κ2) is 6.37. The number of para-hydroxylation sites is 1. The number of aromatic nitrogens is 2. The van der Waals surface area contributed by atoms with Crippen molar-refractivity contribution < 1.29 is 9.90 Å². The van der Waals surface area contributed by atoms with Gasteiger partial charge in [0.05, 0.1) is 23.4 Å². The molecule has 0 spiro atoms. The van der Waals surface area contributed by atoms with Crippen LogP contribution in [0.3, 0.4) is 0 Å². The van der Waals surface area contributed by atoms with Crippen LogP contribution in [0, 0.1) is 0 Å². The minimum absolute atomic E-state index is 0.0446. The number of hydrogen-bond donors (Lipinski definition) is 3. The highest BCUT2D eigenvalue weighted by Gasteiger charge is 2.25. The van der Waals surface area contributed by atoms with Crippen molar-refractivity contribution >= 4 is 16.7 Å². The summed E-state index contributed by atoms with van der Waals surface area (Å²) in [4.78, 5) is 31.1. The monoisotopic (exact) mass is 301 g/mol. The fraction of sp³-hybridized carbons (Fsp3) is 0.438. The molecule has 0 unspecified atom stereocenters. The molecule has 0 bridgehead atoms. The molecule has 22 heavy (non-hydrogen) atoms. The molecule has 3 rings (SSSR count). The van der Waals surface area contributed by atoms with E-state index in [9.17, 15) is 14.7 Å². The van der Waals surface area contributed by atoms with Crippen molar-refractivity contribution in [2.45, 2.75) is 37.8 Å². The highest BCUT2D eigenvalue weighted by Crippen LogP contribution is 2.13. The lowest BCUT2D eigenvalue weighted by Crippen LogP contribution is -2.46. The summed E-state index contributed by atoms with van der Waals surface area (Å²) in [6.45, 7) is 0.820. The molecule has 2 aromatic rings. The van der Waals surface area contributed by atoms with Crippen LogP contribution in [-0.4, -0.2) is 39.5 Å². The molecule has 6 nitrogen and oxygen atoms in total. The van der Waals surface area contributed by atoms with Gasteiger partial charge in [0.2, 0.25) is 0 Å². The number of fused-ring (bicyclic) bond motifs is 1. The lowest BCUT2D eigenvalue weighted by atomic mass is 9.96. The van der Waals surface area contributed by atoms with E-state index < -0.39 is 6.10 Å². The van der Waals surface area contributed by atoms with Crippen LogP contribution >= 0.6 is 0 Å². The van der Waals surface area contributed by atoms with Gasteiger partial charge in [-0.1, -0.05) is 12.1 Å². The maximum absolute atomic E-state index is 12.2. The van der Waals surface area contributed by atoms with Crippen LogP contribution in [-0.2, 0) is 11.2 Å². The Balaban J connectivity index is 1.72. The van der Waals surface area contributed by atoms with Crippen molar-refractivity contribution in [2.24, 2.45) is 0 Å². The molecular weight excluding hydrogens is 282 g/mol. The number of aromatic amines is 1. The Bertz CT molecular complexity index is 741. The number of piperidine rings is 1. The van der Waals surface area contributed by atoms with Gasteiger partial charge in [-0.3, -0.25) is 9.59 Å². The van der Waals surface area contributed by atoms with Crippen LogP contribution in [0.25, 0.3) is 10.9 Å². The number of carbonyl (C=O) groups is 1. The predicted molar refractivity (Wildman–Crippen MR) is 82.7 cm³/mol. The van der Waals surface area contributed by atoms with Crippen molar-refractivity contribution in [2.75, 3.05) is 6.54 Å². The highest BCUT2D eigenvalue weighted by atomic mass is 16.3. The first kappa shape index (κ1) is 14.9. The summed E-state index contributed by atoms with van der Waals surface area (Å²) in [5.74, 6) is 0.330. The standard InChI is InChI=1S/C16H19N3O3/c20-10(8-13-14(21)6-3-7-17-13)9-15-18-12-5-2-1-4-11(12)16(22)19-15/h1-2,4-5,13-14,17,21H,3,6-9H2,(H,18,19,22)/t13-,14+/m1/s1. The van der Waals surface area contributed by atoms with Gasteiger partial charge in [-0.15, -0.1) is 0 Å². The Morgan fingerprint density at radius 2 is 2.18 bits per heavy atom. The molecule has 3 N–H and O–H groups in total. The van der Waals surface area contributed by atoms with Crippen molar-refractivity contribution in [1.29, 1.82) is 0 Å². The smallest absolute Gasteiger partial charge is 0.258 e. The first-order valence-electron chi connectivity index (χ1n) is 7.54. The van der Waals surface area contributed by atoms with Crippen molar-refractivity contribution in [3.05, 3.63) is 40.4 Å². The Kier molecular flexibility index (Phi) is 4.31. The number of nitrogens with one attached hydrogen (secondary N) is 2. The van der Waals surface area contributed by atoms with Gasteiger partial charge >= 0.3 is 0 Å². The minimum atomic E-state index is -0.485. The summed E-state index contributed by atoms with van der Waals surface area (Å²) in [6.07, 6.45) is 1.48. The number of nitrogens with zero attached hydrogens (tertiary/aromatic N) is 1. The molecule has 1 saturated heterocycles. The van der Waals surface area contributed by atoms with Gasteiger partial charge in [0.25, 0.3) is 5.56 Å². The number of aliphatic hydroxyl groups is 1. The van der Waals surface area contributed by atoms with Gasteiger partial charge < -0.3 is 15.4 Å². The average Bonchev–Trinajstić information content (AvgIpc) is 2.49. The Morgan fingerprint density at radius 3 is 3.00 bits per heavy atom. The average molecular weight is 301 g/mol. The molecule has 1 aliphatic rings. The first-order chi connectivity index (χ1) is 10.6. The van der Waals surface area contributed by atoms with Crippen LogP contribution in [0.4, 0.5) is 0 Å². The summed E-state index contributed by atoms with van der Waals surface area (Å²) < 4.78 is 0. The Labute approximate surface area is 127 Å². The third kappa shape index (κ3) is 3.23. The fourth-order valence-corrected chi connectivity index (χ4v) is 2.87. The molecule has 0 amide bonds. The molecule has 2 atom stereocenters. The molecule has 2 heterocycles. The van der Waals surface area contributed by atoms with E-state index in [1.807, 2.05) is 6.07 Å². The van der Waals surface area contributed by atoms with Crippen LogP contribution in [0.1, 0.15) is 25.1 Å². The third-order valence-electron chi connectivity index (χ3n) is 4.02. The SMILES string of the molecule is O=C(Cc1nc2ccccc2c(=O)[nH]1)C[C@H]1NCCC[C@@H]1O. The zero-order valence-electron chi connectivity index (χ0n) is 12.2. The van der Waals surface area contributed by atoms with Crippen LogP contribution in [0.15, 0.2) is 29.1 Å². The first-order valence-corrected chi connectivity index (χ1v) is 7.54. The molecule has 1 fully saturated rings. The van der Waals surface area contributed by atoms with E-state index >= 15 is 0 Å². The zero-order valence-corrected chi connectivity index (χ0v) is 12.2. The number of H-pyrrole nitrogens is 1. The molecule has 116 valence electrons. The van der Waals surface area contributed by atoms with Crippen LogP contribution in [0.5, 0.6) is 0 Å². The third-order valence-corrected chi connectivity index (χ3v) is 4.02. The number of aliphatic hydroxyl groups excluding tert-OH is 1. The van der Waals surface area contributed by atoms with Crippen LogP contribution < -0.4 is 10.9 Å².